The first-order valence-electron chi connectivity index (χ1n) is 10.8. The first-order chi connectivity index (χ1) is 16.2. The Morgan fingerprint density at radius 3 is 2.12 bits per heavy atom. The highest BCUT2D eigenvalue weighted by Crippen LogP contribution is 2.24. The number of amides is 2. The third-order valence-corrected chi connectivity index (χ3v) is 6.43. The fourth-order valence-corrected chi connectivity index (χ4v) is 4.34. The van der Waals surface area contributed by atoms with Crippen LogP contribution in [0.5, 0.6) is 5.75 Å². The zero-order valence-electron chi connectivity index (χ0n) is 19.1. The van der Waals surface area contributed by atoms with Crippen molar-refractivity contribution in [1.29, 1.82) is 0 Å². The average Bonchev–Trinajstić information content (AvgIpc) is 2.82. The number of benzene rings is 2. The van der Waals surface area contributed by atoms with Crippen LogP contribution in [0.3, 0.4) is 0 Å². The summed E-state index contributed by atoms with van der Waals surface area (Å²) < 4.78 is 49.6. The molecule has 1 saturated heterocycles. The van der Waals surface area contributed by atoms with Gasteiger partial charge in [0.15, 0.2) is 6.61 Å². The summed E-state index contributed by atoms with van der Waals surface area (Å²) >= 11 is 0. The molecule has 2 amide bonds. The minimum atomic E-state index is -3.59. The molecule has 0 aromatic heterocycles. The van der Waals surface area contributed by atoms with E-state index in [0.29, 0.717) is 49.8 Å². The molecule has 0 N–H and O–H groups in total. The predicted octanol–water partition coefficient (Wildman–Crippen LogP) is 2.47. The Morgan fingerprint density at radius 2 is 1.56 bits per heavy atom. The molecule has 0 saturated carbocycles. The molecule has 0 unspecified atom stereocenters. The predicted molar refractivity (Wildman–Crippen MR) is 125 cm³/mol. The number of hydrogen-bond donors (Lipinski definition) is 0. The summed E-state index contributed by atoms with van der Waals surface area (Å²) in [5.74, 6) is -0.189. The van der Waals surface area contributed by atoms with Crippen molar-refractivity contribution < 1.29 is 31.9 Å². The largest absolute Gasteiger partial charge is 0.484 e. The lowest BCUT2D eigenvalue weighted by molar-refractivity contribution is -0.134. The summed E-state index contributed by atoms with van der Waals surface area (Å²) in [7, 11) is -3.59. The van der Waals surface area contributed by atoms with E-state index in [1.165, 1.54) is 28.6 Å². The molecule has 1 heterocycles. The molecule has 2 aromatic rings. The van der Waals surface area contributed by atoms with E-state index in [9.17, 15) is 22.4 Å². The van der Waals surface area contributed by atoms with Crippen LogP contribution in [0.4, 0.5) is 14.9 Å². The molecule has 2 aromatic carbocycles. The number of sulfonamides is 1. The van der Waals surface area contributed by atoms with Crippen molar-refractivity contribution in [1.82, 2.24) is 9.80 Å². The molecular weight excluding hydrogens is 465 g/mol. The van der Waals surface area contributed by atoms with Gasteiger partial charge in [0.2, 0.25) is 10.0 Å². The highest BCUT2D eigenvalue weighted by atomic mass is 32.2. The standard InChI is InChI=1S/C23H28FN3O6S/c1-3-32-23(29)26-14-12-25(13-15-26)22(28)17-33-21-10-8-20(9-11-21)27(34(2,30)31)16-18-4-6-19(24)7-5-18/h4-11H,3,12-17H2,1-2H3. The molecule has 3 rings (SSSR count). The minimum absolute atomic E-state index is 0.0512. The summed E-state index contributed by atoms with van der Waals surface area (Å²) in [6, 6.07) is 12.0. The minimum Gasteiger partial charge on any atom is -0.484 e. The second-order valence-electron chi connectivity index (χ2n) is 7.75. The van der Waals surface area contributed by atoms with Crippen LogP contribution in [0.15, 0.2) is 48.5 Å². The van der Waals surface area contributed by atoms with Crippen LogP contribution in [-0.2, 0) is 26.1 Å². The van der Waals surface area contributed by atoms with Gasteiger partial charge < -0.3 is 19.3 Å². The zero-order chi connectivity index (χ0) is 24.7. The van der Waals surface area contributed by atoms with Gasteiger partial charge in [-0.3, -0.25) is 9.10 Å². The Bertz CT molecular complexity index is 1080. The van der Waals surface area contributed by atoms with Crippen LogP contribution in [0.25, 0.3) is 0 Å². The summed E-state index contributed by atoms with van der Waals surface area (Å²) in [6.45, 7) is 3.51. The average molecular weight is 494 g/mol. The normalized spacial score (nSPS) is 14.0. The van der Waals surface area contributed by atoms with Crippen molar-refractivity contribution in [3.05, 3.63) is 59.9 Å². The Morgan fingerprint density at radius 1 is 0.971 bits per heavy atom. The number of halogens is 1. The molecule has 0 atom stereocenters. The van der Waals surface area contributed by atoms with Gasteiger partial charge in [-0.1, -0.05) is 12.1 Å². The number of carbonyl (C=O) groups excluding carboxylic acids is 2. The van der Waals surface area contributed by atoms with Crippen LogP contribution >= 0.6 is 0 Å². The highest BCUT2D eigenvalue weighted by molar-refractivity contribution is 7.92. The Hall–Kier alpha value is -3.34. The molecule has 1 aliphatic rings. The van der Waals surface area contributed by atoms with Crippen molar-refractivity contribution in [3.63, 3.8) is 0 Å². The Balaban J connectivity index is 1.55. The number of nitrogens with zero attached hydrogens (tertiary/aromatic N) is 3. The summed E-state index contributed by atoms with van der Waals surface area (Å²) in [6.07, 6.45) is 0.717. The van der Waals surface area contributed by atoms with Crippen LogP contribution in [0.1, 0.15) is 12.5 Å². The molecule has 184 valence electrons. The van der Waals surface area contributed by atoms with E-state index >= 15 is 0 Å². The Labute approximate surface area is 198 Å². The van der Waals surface area contributed by atoms with Crippen molar-refractivity contribution in [2.45, 2.75) is 13.5 Å². The number of rotatable bonds is 8. The molecule has 0 aliphatic carbocycles. The molecule has 1 fully saturated rings. The van der Waals surface area contributed by atoms with E-state index in [4.69, 9.17) is 9.47 Å². The molecule has 0 radical (unpaired) electrons. The third-order valence-electron chi connectivity index (χ3n) is 5.29. The smallest absolute Gasteiger partial charge is 0.409 e. The van der Waals surface area contributed by atoms with E-state index in [2.05, 4.69) is 0 Å². The maximum absolute atomic E-state index is 13.2. The number of carbonyl (C=O) groups is 2. The van der Waals surface area contributed by atoms with Crippen molar-refractivity contribution in [2.24, 2.45) is 0 Å². The van der Waals surface area contributed by atoms with Gasteiger partial charge >= 0.3 is 6.09 Å². The lowest BCUT2D eigenvalue weighted by Gasteiger charge is -2.33. The fourth-order valence-electron chi connectivity index (χ4n) is 3.45. The summed E-state index contributed by atoms with van der Waals surface area (Å²) in [5.41, 5.74) is 1.06. The van der Waals surface area contributed by atoms with Gasteiger partial charge in [0.1, 0.15) is 11.6 Å². The monoisotopic (exact) mass is 493 g/mol. The van der Waals surface area contributed by atoms with Gasteiger partial charge in [-0.05, 0) is 48.9 Å². The number of hydrogen-bond acceptors (Lipinski definition) is 6. The van der Waals surface area contributed by atoms with Gasteiger partial charge in [-0.2, -0.15) is 0 Å². The second-order valence-corrected chi connectivity index (χ2v) is 9.65. The first kappa shape index (κ1) is 25.3. The zero-order valence-corrected chi connectivity index (χ0v) is 20.0. The van der Waals surface area contributed by atoms with Crippen LogP contribution in [0.2, 0.25) is 0 Å². The SMILES string of the molecule is CCOC(=O)N1CCN(C(=O)COc2ccc(N(Cc3ccc(F)cc3)S(C)(=O)=O)cc2)CC1. The molecule has 34 heavy (non-hydrogen) atoms. The topological polar surface area (TPSA) is 96.5 Å². The highest BCUT2D eigenvalue weighted by Gasteiger charge is 2.25. The fraction of sp³-hybridized carbons (Fsp3) is 0.391. The van der Waals surface area contributed by atoms with Gasteiger partial charge in [0.05, 0.1) is 25.1 Å². The van der Waals surface area contributed by atoms with Crippen LogP contribution in [0, 0.1) is 5.82 Å². The van der Waals surface area contributed by atoms with Gasteiger partial charge in [-0.15, -0.1) is 0 Å². The lowest BCUT2D eigenvalue weighted by atomic mass is 10.2. The summed E-state index contributed by atoms with van der Waals surface area (Å²) in [5, 5.41) is 0. The maximum Gasteiger partial charge on any atom is 0.409 e. The lowest BCUT2D eigenvalue weighted by Crippen LogP contribution is -2.51. The Kier molecular flexibility index (Phi) is 8.32. The number of anilines is 1. The number of ether oxygens (including phenoxy) is 2. The second kappa shape index (κ2) is 11.2. The molecular formula is C23H28FN3O6S. The summed E-state index contributed by atoms with van der Waals surface area (Å²) in [4.78, 5) is 27.4. The van der Waals surface area contributed by atoms with E-state index in [1.807, 2.05) is 0 Å². The maximum atomic E-state index is 13.2. The van der Waals surface area contributed by atoms with Crippen molar-refractivity contribution in [2.75, 3.05) is 50.0 Å². The van der Waals surface area contributed by atoms with Crippen molar-refractivity contribution >= 4 is 27.7 Å². The van der Waals surface area contributed by atoms with E-state index in [0.717, 1.165) is 6.26 Å². The van der Waals surface area contributed by atoms with Crippen LogP contribution in [-0.4, -0.2) is 75.9 Å². The number of piperazine rings is 1. The first-order valence-corrected chi connectivity index (χ1v) is 12.7. The van der Waals surface area contributed by atoms with Gasteiger partial charge in [0, 0.05) is 26.2 Å². The van der Waals surface area contributed by atoms with Gasteiger partial charge in [0.25, 0.3) is 5.91 Å². The van der Waals surface area contributed by atoms with E-state index < -0.39 is 15.8 Å². The van der Waals surface area contributed by atoms with E-state index in [1.54, 1.807) is 41.0 Å². The molecule has 9 nitrogen and oxygen atoms in total. The van der Waals surface area contributed by atoms with Gasteiger partial charge in [-0.25, -0.2) is 17.6 Å². The third kappa shape index (κ3) is 6.83. The van der Waals surface area contributed by atoms with Crippen molar-refractivity contribution in [3.8, 4) is 5.75 Å². The quantitative estimate of drug-likeness (QED) is 0.561. The molecule has 11 heteroatoms. The molecule has 1 aliphatic heterocycles. The van der Waals surface area contributed by atoms with Crippen LogP contribution < -0.4 is 9.04 Å². The molecule has 0 bridgehead atoms. The van der Waals surface area contributed by atoms with E-state index in [-0.39, 0.29) is 25.2 Å². The molecule has 0 spiro atoms.